The van der Waals surface area contributed by atoms with E-state index in [1.165, 1.54) is 11.3 Å². The molecular formula is C21H21N3O2S. The minimum absolute atomic E-state index is 0.0672. The number of hydrogen-bond acceptors (Lipinski definition) is 4. The molecule has 3 rings (SSSR count). The van der Waals surface area contributed by atoms with E-state index in [2.05, 4.69) is 15.6 Å². The van der Waals surface area contributed by atoms with E-state index >= 15 is 0 Å². The minimum atomic E-state index is -0.246. The summed E-state index contributed by atoms with van der Waals surface area (Å²) in [5, 5.41) is 8.26. The van der Waals surface area contributed by atoms with Crippen LogP contribution in [0.1, 0.15) is 16.8 Å². The Morgan fingerprint density at radius 1 is 0.963 bits per heavy atom. The molecule has 6 heteroatoms. The summed E-state index contributed by atoms with van der Waals surface area (Å²) in [4.78, 5) is 28.7. The number of para-hydroxylation sites is 1. The molecule has 27 heavy (non-hydrogen) atoms. The van der Waals surface area contributed by atoms with Crippen LogP contribution < -0.4 is 10.6 Å². The van der Waals surface area contributed by atoms with Crippen LogP contribution in [-0.2, 0) is 16.0 Å². The number of rotatable bonds is 6. The third kappa shape index (κ3) is 5.01. The van der Waals surface area contributed by atoms with Crippen molar-refractivity contribution >= 4 is 28.8 Å². The number of benzene rings is 2. The molecule has 3 aromatic rings. The highest BCUT2D eigenvalue weighted by atomic mass is 32.1. The van der Waals surface area contributed by atoms with E-state index in [0.717, 1.165) is 27.4 Å². The minimum Gasteiger partial charge on any atom is -0.347 e. The van der Waals surface area contributed by atoms with Gasteiger partial charge in [0, 0.05) is 16.6 Å². The van der Waals surface area contributed by atoms with Gasteiger partial charge in [0.2, 0.25) is 11.8 Å². The lowest BCUT2D eigenvalue weighted by atomic mass is 10.1. The highest BCUT2D eigenvalue weighted by molar-refractivity contribution is 7.13. The van der Waals surface area contributed by atoms with E-state index in [1.807, 2.05) is 67.8 Å². The summed E-state index contributed by atoms with van der Waals surface area (Å²) in [7, 11) is 0. The predicted molar refractivity (Wildman–Crippen MR) is 109 cm³/mol. The van der Waals surface area contributed by atoms with Crippen LogP contribution >= 0.6 is 11.3 Å². The Morgan fingerprint density at radius 3 is 2.37 bits per heavy atom. The third-order valence-electron chi connectivity index (χ3n) is 4.11. The zero-order valence-electron chi connectivity index (χ0n) is 15.3. The maximum absolute atomic E-state index is 12.1. The van der Waals surface area contributed by atoms with Gasteiger partial charge in [0.05, 0.1) is 18.7 Å². The molecule has 2 amide bonds. The Labute approximate surface area is 162 Å². The Kier molecular flexibility index (Phi) is 5.98. The molecular weight excluding hydrogens is 358 g/mol. The van der Waals surface area contributed by atoms with Crippen LogP contribution in [0.3, 0.4) is 0 Å². The van der Waals surface area contributed by atoms with Crippen LogP contribution in [0.5, 0.6) is 0 Å². The van der Waals surface area contributed by atoms with E-state index in [4.69, 9.17) is 0 Å². The maximum atomic E-state index is 12.1. The number of aromatic nitrogens is 1. The molecule has 0 saturated heterocycles. The SMILES string of the molecule is Cc1cccc(C)c1NC(=O)CNC(=O)Cc1csc(-c2ccccc2)n1. The lowest BCUT2D eigenvalue weighted by Gasteiger charge is -2.11. The van der Waals surface area contributed by atoms with Gasteiger partial charge in [-0.3, -0.25) is 9.59 Å². The first-order valence-electron chi connectivity index (χ1n) is 8.65. The van der Waals surface area contributed by atoms with Gasteiger partial charge in [-0.1, -0.05) is 48.5 Å². The number of carbonyl (C=O) groups is 2. The standard InChI is InChI=1S/C21H21N3O2S/c1-14-7-6-8-15(2)20(14)24-19(26)12-22-18(25)11-17-13-27-21(23-17)16-9-4-3-5-10-16/h3-10,13H,11-12H2,1-2H3,(H,22,25)(H,24,26). The fourth-order valence-corrected chi connectivity index (χ4v) is 3.53. The average molecular weight is 379 g/mol. The molecule has 0 radical (unpaired) electrons. The zero-order valence-corrected chi connectivity index (χ0v) is 16.1. The van der Waals surface area contributed by atoms with Gasteiger partial charge in [0.15, 0.2) is 0 Å². The fraction of sp³-hybridized carbons (Fsp3) is 0.190. The van der Waals surface area contributed by atoms with Gasteiger partial charge in [0.1, 0.15) is 5.01 Å². The second-order valence-corrected chi connectivity index (χ2v) is 7.14. The maximum Gasteiger partial charge on any atom is 0.243 e. The molecule has 2 N–H and O–H groups in total. The molecule has 2 aromatic carbocycles. The monoisotopic (exact) mass is 379 g/mol. The summed E-state index contributed by atoms with van der Waals surface area (Å²) in [5.41, 5.74) is 4.51. The number of carbonyl (C=O) groups excluding carboxylic acids is 2. The number of anilines is 1. The highest BCUT2D eigenvalue weighted by Gasteiger charge is 2.11. The molecule has 5 nitrogen and oxygen atoms in total. The van der Waals surface area contributed by atoms with Crippen LogP contribution in [-0.4, -0.2) is 23.3 Å². The molecule has 1 heterocycles. The molecule has 0 unspecified atom stereocenters. The van der Waals surface area contributed by atoms with Crippen molar-refractivity contribution in [1.82, 2.24) is 10.3 Å². The van der Waals surface area contributed by atoms with E-state index < -0.39 is 0 Å². The molecule has 0 saturated carbocycles. The van der Waals surface area contributed by atoms with Crippen molar-refractivity contribution < 1.29 is 9.59 Å². The van der Waals surface area contributed by atoms with Crippen molar-refractivity contribution in [3.63, 3.8) is 0 Å². The zero-order chi connectivity index (χ0) is 19.2. The topological polar surface area (TPSA) is 71.1 Å². The Bertz CT molecular complexity index is 931. The Balaban J connectivity index is 1.51. The number of amides is 2. The van der Waals surface area contributed by atoms with Gasteiger partial charge in [0.25, 0.3) is 0 Å². The van der Waals surface area contributed by atoms with Crippen molar-refractivity contribution in [1.29, 1.82) is 0 Å². The quantitative estimate of drug-likeness (QED) is 0.686. The van der Waals surface area contributed by atoms with E-state index in [-0.39, 0.29) is 24.8 Å². The fourth-order valence-electron chi connectivity index (χ4n) is 2.70. The van der Waals surface area contributed by atoms with Gasteiger partial charge in [-0.25, -0.2) is 4.98 Å². The van der Waals surface area contributed by atoms with Gasteiger partial charge in [-0.05, 0) is 25.0 Å². The van der Waals surface area contributed by atoms with Crippen molar-refractivity contribution in [3.8, 4) is 10.6 Å². The molecule has 0 aliphatic rings. The van der Waals surface area contributed by atoms with Gasteiger partial charge in [-0.2, -0.15) is 0 Å². The summed E-state index contributed by atoms with van der Waals surface area (Å²) in [6.45, 7) is 3.81. The number of aryl methyl sites for hydroxylation is 2. The predicted octanol–water partition coefficient (Wildman–Crippen LogP) is 3.72. The lowest BCUT2D eigenvalue weighted by molar-refractivity contribution is -0.123. The van der Waals surface area contributed by atoms with E-state index in [0.29, 0.717) is 5.69 Å². The number of hydrogen-bond donors (Lipinski definition) is 2. The summed E-state index contributed by atoms with van der Waals surface area (Å²) in [5.74, 6) is -0.472. The van der Waals surface area contributed by atoms with Gasteiger partial charge in [-0.15, -0.1) is 11.3 Å². The molecule has 1 aromatic heterocycles. The van der Waals surface area contributed by atoms with Crippen LogP contribution in [0, 0.1) is 13.8 Å². The molecule has 0 spiro atoms. The Morgan fingerprint density at radius 2 is 1.67 bits per heavy atom. The summed E-state index contributed by atoms with van der Waals surface area (Å²) in [6, 6.07) is 15.7. The van der Waals surface area contributed by atoms with Crippen LogP contribution in [0.2, 0.25) is 0 Å². The molecule has 0 aliphatic heterocycles. The first-order valence-corrected chi connectivity index (χ1v) is 9.53. The van der Waals surface area contributed by atoms with Crippen LogP contribution in [0.15, 0.2) is 53.9 Å². The first kappa shape index (κ1) is 18.8. The molecule has 0 fully saturated rings. The summed E-state index contributed by atoms with van der Waals surface area (Å²) in [6.07, 6.45) is 0.153. The largest absolute Gasteiger partial charge is 0.347 e. The Hall–Kier alpha value is -2.99. The number of nitrogens with zero attached hydrogens (tertiary/aromatic N) is 1. The second kappa shape index (κ2) is 8.60. The van der Waals surface area contributed by atoms with Crippen LogP contribution in [0.25, 0.3) is 10.6 Å². The van der Waals surface area contributed by atoms with Gasteiger partial charge >= 0.3 is 0 Å². The normalized spacial score (nSPS) is 10.4. The average Bonchev–Trinajstić information content (AvgIpc) is 3.12. The van der Waals surface area contributed by atoms with Crippen molar-refractivity contribution in [2.45, 2.75) is 20.3 Å². The van der Waals surface area contributed by atoms with Crippen molar-refractivity contribution in [2.75, 3.05) is 11.9 Å². The molecule has 0 atom stereocenters. The van der Waals surface area contributed by atoms with Crippen molar-refractivity contribution in [3.05, 3.63) is 70.7 Å². The number of thiazole rings is 1. The van der Waals surface area contributed by atoms with Crippen LogP contribution in [0.4, 0.5) is 5.69 Å². The molecule has 0 bridgehead atoms. The van der Waals surface area contributed by atoms with E-state index in [9.17, 15) is 9.59 Å². The lowest BCUT2D eigenvalue weighted by Crippen LogP contribution is -2.34. The van der Waals surface area contributed by atoms with Crippen molar-refractivity contribution in [2.24, 2.45) is 0 Å². The molecule has 138 valence electrons. The smallest absolute Gasteiger partial charge is 0.243 e. The molecule has 0 aliphatic carbocycles. The summed E-state index contributed by atoms with van der Waals surface area (Å²) >= 11 is 1.50. The summed E-state index contributed by atoms with van der Waals surface area (Å²) < 4.78 is 0. The van der Waals surface area contributed by atoms with Gasteiger partial charge < -0.3 is 10.6 Å². The first-order chi connectivity index (χ1) is 13.0. The third-order valence-corrected chi connectivity index (χ3v) is 5.05. The number of nitrogens with one attached hydrogen (secondary N) is 2. The highest BCUT2D eigenvalue weighted by Crippen LogP contribution is 2.23. The van der Waals surface area contributed by atoms with E-state index in [1.54, 1.807) is 0 Å². The second-order valence-electron chi connectivity index (χ2n) is 6.28.